The molecule has 15 nitrogen and oxygen atoms in total. The van der Waals surface area contributed by atoms with Crippen LogP contribution >= 0.6 is 0 Å². The van der Waals surface area contributed by atoms with Crippen LogP contribution < -0.4 is 10.7 Å². The van der Waals surface area contributed by atoms with Crippen LogP contribution in [0.25, 0.3) is 33.3 Å². The van der Waals surface area contributed by atoms with Crippen molar-refractivity contribution >= 4 is 40.5 Å². The number of fused-ring (bicyclic) bond motifs is 6. The third-order valence-corrected chi connectivity index (χ3v) is 14.0. The number of ether oxygens (including phenoxy) is 2. The zero-order chi connectivity index (χ0) is 49.9. The van der Waals surface area contributed by atoms with Gasteiger partial charge in [0.15, 0.2) is 0 Å². The summed E-state index contributed by atoms with van der Waals surface area (Å²) in [5.74, 6) is -2.57. The number of hydrogen-bond acceptors (Lipinski definition) is 10. The van der Waals surface area contributed by atoms with Gasteiger partial charge in [0.25, 0.3) is 5.91 Å². The maximum atomic E-state index is 14.8. The molecule has 15 heteroatoms. The number of aryl methyl sites for hydroxylation is 1. The van der Waals surface area contributed by atoms with Crippen molar-refractivity contribution in [2.45, 2.75) is 111 Å². The first-order chi connectivity index (χ1) is 32.8. The molecule has 2 saturated heterocycles. The Morgan fingerprint density at radius 1 is 1.04 bits per heavy atom. The summed E-state index contributed by atoms with van der Waals surface area (Å²) in [4.78, 5) is 79.9. The molecule has 0 spiro atoms. The second kappa shape index (κ2) is 21.4. The molecule has 1 unspecified atom stereocenters. The maximum Gasteiger partial charge on any atom is 0.324 e. The molecule has 2 aromatic heterocycles. The number of nitrogens with one attached hydrogen (secondary N) is 2. The Morgan fingerprint density at radius 2 is 1.80 bits per heavy atom. The van der Waals surface area contributed by atoms with Crippen LogP contribution in [-0.2, 0) is 59.4 Å². The van der Waals surface area contributed by atoms with Crippen molar-refractivity contribution in [1.29, 1.82) is 0 Å². The highest BCUT2D eigenvalue weighted by atomic mass is 16.5. The first kappa shape index (κ1) is 51.0. The SMILES string of the molecule is C=CC(=O)N1CC[C@H](C(=O)N(C)C(C(=O)N[C@H]2Cc3cccc(c3)-c3ccc4c(c3)c(c(-c3cc(CN(C)C)cnc3[C@H](C)OC)n4CC)CC(C)(C)COC(=O)[C@@H]3CCCN(N3)C2=O)C(C)C)C1. The van der Waals surface area contributed by atoms with Gasteiger partial charge in [-0.1, -0.05) is 64.6 Å². The average molecular weight is 945 g/mol. The van der Waals surface area contributed by atoms with E-state index in [9.17, 15) is 24.0 Å². The molecule has 2 aromatic carbocycles. The minimum atomic E-state index is -1.06. The first-order valence-corrected chi connectivity index (χ1v) is 24.5. The lowest BCUT2D eigenvalue weighted by Crippen LogP contribution is -2.62. The first-order valence-electron chi connectivity index (χ1n) is 24.5. The molecule has 69 heavy (non-hydrogen) atoms. The summed E-state index contributed by atoms with van der Waals surface area (Å²) >= 11 is 0. The van der Waals surface area contributed by atoms with Crippen LogP contribution in [0.5, 0.6) is 0 Å². The molecule has 370 valence electrons. The lowest BCUT2D eigenvalue weighted by Gasteiger charge is -2.37. The second-order valence-electron chi connectivity index (χ2n) is 20.5. The average Bonchev–Trinajstić information content (AvgIpc) is 3.94. The number of esters is 1. The van der Waals surface area contributed by atoms with Crippen LogP contribution in [0.1, 0.15) is 89.3 Å². The third kappa shape index (κ3) is 11.1. The van der Waals surface area contributed by atoms with Gasteiger partial charge in [-0.3, -0.25) is 34.0 Å². The van der Waals surface area contributed by atoms with Crippen molar-refractivity contribution < 1.29 is 33.4 Å². The molecular weight excluding hydrogens is 873 g/mol. The maximum absolute atomic E-state index is 14.8. The van der Waals surface area contributed by atoms with Gasteiger partial charge >= 0.3 is 5.97 Å². The van der Waals surface area contributed by atoms with Crippen LogP contribution in [0, 0.1) is 17.3 Å². The predicted octanol–water partition coefficient (Wildman–Crippen LogP) is 6.33. The second-order valence-corrected chi connectivity index (χ2v) is 20.5. The molecule has 7 rings (SSSR count). The van der Waals surface area contributed by atoms with Crippen LogP contribution in [0.15, 0.2) is 67.4 Å². The van der Waals surface area contributed by atoms with Gasteiger partial charge in [0.05, 0.1) is 30.0 Å². The molecule has 5 atom stereocenters. The molecule has 6 bridgehead atoms. The number of pyridine rings is 1. The Morgan fingerprint density at radius 3 is 2.49 bits per heavy atom. The Bertz CT molecular complexity index is 2580. The fourth-order valence-electron chi connectivity index (χ4n) is 10.4. The van der Waals surface area contributed by atoms with Gasteiger partial charge in [0.1, 0.15) is 18.1 Å². The number of carbonyl (C=O) groups excluding carboxylic acids is 5. The summed E-state index contributed by atoms with van der Waals surface area (Å²) in [7, 11) is 7.41. The fraction of sp³-hybridized carbons (Fsp3) is 0.519. The summed E-state index contributed by atoms with van der Waals surface area (Å²) in [6, 6.07) is 14.1. The number of aromatic nitrogens is 2. The Labute approximate surface area is 407 Å². The molecule has 2 N–H and O–H groups in total. The van der Waals surface area contributed by atoms with E-state index in [1.165, 1.54) is 16.0 Å². The largest absolute Gasteiger partial charge is 0.464 e. The van der Waals surface area contributed by atoms with E-state index in [4.69, 9.17) is 14.5 Å². The molecule has 2 fully saturated rings. The summed E-state index contributed by atoms with van der Waals surface area (Å²) in [5.41, 5.74) is 11.6. The van der Waals surface area contributed by atoms with E-state index in [1.807, 2.05) is 53.2 Å². The number of likely N-dealkylation sites (N-methyl/N-ethyl adjacent to an activating group) is 1. The summed E-state index contributed by atoms with van der Waals surface area (Å²) in [6.07, 6.45) is 5.11. The Balaban J connectivity index is 1.31. The number of rotatable bonds is 12. The molecular formula is C54H72N8O7. The van der Waals surface area contributed by atoms with Gasteiger partial charge in [-0.25, -0.2) is 5.43 Å². The van der Waals surface area contributed by atoms with E-state index >= 15 is 0 Å². The number of nitrogens with zero attached hydrogens (tertiary/aromatic N) is 6. The van der Waals surface area contributed by atoms with E-state index in [2.05, 4.69) is 84.0 Å². The topological polar surface area (TPSA) is 159 Å². The van der Waals surface area contributed by atoms with Gasteiger partial charge < -0.3 is 34.1 Å². The highest BCUT2D eigenvalue weighted by Crippen LogP contribution is 2.42. The van der Waals surface area contributed by atoms with E-state index in [-0.39, 0.29) is 43.4 Å². The van der Waals surface area contributed by atoms with Crippen molar-refractivity contribution in [3.63, 3.8) is 0 Å². The minimum Gasteiger partial charge on any atom is -0.464 e. The van der Waals surface area contributed by atoms with Crippen LogP contribution in [0.3, 0.4) is 0 Å². The number of carbonyl (C=O) groups is 5. The number of likely N-dealkylation sites (tertiary alicyclic amines) is 1. The fourth-order valence-corrected chi connectivity index (χ4v) is 10.4. The number of methoxy groups -OCH3 is 1. The van der Waals surface area contributed by atoms with Crippen molar-refractivity contribution in [2.75, 3.05) is 54.5 Å². The van der Waals surface area contributed by atoms with Crippen LogP contribution in [0.2, 0.25) is 0 Å². The molecule has 0 aliphatic carbocycles. The minimum absolute atomic E-state index is 0.128. The molecule has 3 aliphatic heterocycles. The van der Waals surface area contributed by atoms with E-state index in [1.54, 1.807) is 19.1 Å². The van der Waals surface area contributed by atoms with Crippen molar-refractivity contribution in [1.82, 2.24) is 40.0 Å². The van der Waals surface area contributed by atoms with E-state index in [0.717, 1.165) is 55.7 Å². The number of amides is 4. The number of hydrogen-bond donors (Lipinski definition) is 2. The summed E-state index contributed by atoms with van der Waals surface area (Å²) < 4.78 is 14.5. The highest BCUT2D eigenvalue weighted by Gasteiger charge is 2.40. The molecule has 5 heterocycles. The smallest absolute Gasteiger partial charge is 0.324 e. The van der Waals surface area contributed by atoms with Crippen LogP contribution in [0.4, 0.5) is 0 Å². The van der Waals surface area contributed by atoms with E-state index < -0.39 is 47.2 Å². The monoisotopic (exact) mass is 945 g/mol. The van der Waals surface area contributed by atoms with Gasteiger partial charge in [-0.15, -0.1) is 0 Å². The number of benzene rings is 2. The van der Waals surface area contributed by atoms with Crippen molar-refractivity contribution in [3.8, 4) is 22.4 Å². The van der Waals surface area contributed by atoms with Crippen LogP contribution in [-0.4, -0.2) is 131 Å². The summed E-state index contributed by atoms with van der Waals surface area (Å²) in [6.45, 7) is 18.3. The van der Waals surface area contributed by atoms with Gasteiger partial charge in [0.2, 0.25) is 17.7 Å². The number of cyclic esters (lactones) is 1. The lowest BCUT2D eigenvalue weighted by molar-refractivity contribution is -0.155. The van der Waals surface area contributed by atoms with Gasteiger partial charge in [-0.05, 0) is 112 Å². The van der Waals surface area contributed by atoms with Crippen molar-refractivity contribution in [2.24, 2.45) is 17.3 Å². The number of hydrazine groups is 1. The molecule has 0 saturated carbocycles. The normalized spacial score (nSPS) is 20.7. The standard InChI is InChI=1S/C54H72N8O7/c1-12-46(63)60-23-21-39(31-60)51(65)59(10)48(33(3)4)50(64)56-44-26-35-16-14-17-37(24-35)38-19-20-45-40(27-38)42(28-54(6,7)32-69-53(67)43-18-15-22-62(57-43)52(44)66)49(61(45)13-2)41-25-36(30-58(8)9)29-55-47(41)34(5)68-11/h12,14,16-17,19-20,24-25,27,29,33-34,39,43-44,48,57H,1,13,15,18,21-23,26,28,30-32H2,2-11H3,(H,56,64)/t34-,39-,43-,44-,48?/m0/s1. The Hall–Kier alpha value is -5.90. The zero-order valence-corrected chi connectivity index (χ0v) is 42.3. The van der Waals surface area contributed by atoms with E-state index in [0.29, 0.717) is 51.9 Å². The quantitative estimate of drug-likeness (QED) is 0.122. The van der Waals surface area contributed by atoms with Gasteiger partial charge in [-0.2, -0.15) is 0 Å². The molecule has 3 aliphatic rings. The Kier molecular flexibility index (Phi) is 15.8. The van der Waals surface area contributed by atoms with Crippen molar-refractivity contribution in [3.05, 3.63) is 89.8 Å². The summed E-state index contributed by atoms with van der Waals surface area (Å²) in [5, 5.41) is 5.59. The highest BCUT2D eigenvalue weighted by molar-refractivity contribution is 5.96. The molecule has 4 amide bonds. The zero-order valence-electron chi connectivity index (χ0n) is 42.3. The van der Waals surface area contributed by atoms with Gasteiger partial charge in [0, 0.05) is 81.4 Å². The lowest BCUT2D eigenvalue weighted by atomic mass is 9.84. The third-order valence-electron chi connectivity index (χ3n) is 14.0. The predicted molar refractivity (Wildman–Crippen MR) is 267 cm³/mol. The molecule has 0 radical (unpaired) electrons. The molecule has 4 aromatic rings.